The maximum atomic E-state index is 13.4. The first-order valence-electron chi connectivity index (χ1n) is 9.55. The first-order valence-corrected chi connectivity index (χ1v) is 12.0. The SMILES string of the molecule is O=C1S/C(=C\c2cc(Br)ccc2OCc2cccc(F)c2)C(=O)N1Cc1ccc(Br)cc1. The number of carbonyl (C=O) groups excluding carboxylic acids is 2. The van der Waals surface area contributed by atoms with Crippen LogP contribution in [0.2, 0.25) is 0 Å². The third-order valence-electron chi connectivity index (χ3n) is 4.67. The van der Waals surface area contributed by atoms with Gasteiger partial charge in [-0.25, -0.2) is 4.39 Å². The standard InChI is InChI=1S/C24H16Br2FNO3S/c25-18-6-4-15(5-7-18)13-28-23(29)22(32-24(28)30)12-17-11-19(26)8-9-21(17)31-14-16-2-1-3-20(27)10-16/h1-12H,13-14H2/b22-12-. The van der Waals surface area contributed by atoms with E-state index in [-0.39, 0.29) is 30.1 Å². The van der Waals surface area contributed by atoms with Gasteiger partial charge in [-0.2, -0.15) is 0 Å². The second-order valence-corrected chi connectivity index (χ2v) is 9.82. The maximum Gasteiger partial charge on any atom is 0.293 e. The van der Waals surface area contributed by atoms with Crippen molar-refractivity contribution in [2.24, 2.45) is 0 Å². The van der Waals surface area contributed by atoms with Gasteiger partial charge < -0.3 is 4.74 Å². The number of benzene rings is 3. The first-order chi connectivity index (χ1) is 15.4. The summed E-state index contributed by atoms with van der Waals surface area (Å²) in [6.45, 7) is 0.377. The minimum Gasteiger partial charge on any atom is -0.488 e. The highest BCUT2D eigenvalue weighted by Gasteiger charge is 2.35. The van der Waals surface area contributed by atoms with E-state index in [0.717, 1.165) is 26.3 Å². The fourth-order valence-electron chi connectivity index (χ4n) is 3.10. The molecule has 1 aliphatic rings. The fraction of sp³-hybridized carbons (Fsp3) is 0.0833. The summed E-state index contributed by atoms with van der Waals surface area (Å²) in [7, 11) is 0. The smallest absolute Gasteiger partial charge is 0.293 e. The summed E-state index contributed by atoms with van der Waals surface area (Å²) >= 11 is 7.71. The van der Waals surface area contributed by atoms with Gasteiger partial charge >= 0.3 is 0 Å². The largest absolute Gasteiger partial charge is 0.488 e. The van der Waals surface area contributed by atoms with Crippen LogP contribution >= 0.6 is 43.6 Å². The molecule has 4 nitrogen and oxygen atoms in total. The molecule has 0 spiro atoms. The van der Waals surface area contributed by atoms with Crippen LogP contribution in [-0.2, 0) is 17.9 Å². The van der Waals surface area contributed by atoms with Crippen LogP contribution in [0.25, 0.3) is 6.08 Å². The Morgan fingerprint density at radius 2 is 1.69 bits per heavy atom. The molecular formula is C24H16Br2FNO3S. The first kappa shape index (κ1) is 22.8. The number of hydrogen-bond donors (Lipinski definition) is 0. The van der Waals surface area contributed by atoms with E-state index >= 15 is 0 Å². The van der Waals surface area contributed by atoms with Gasteiger partial charge in [-0.3, -0.25) is 14.5 Å². The molecule has 0 unspecified atom stereocenters. The molecule has 1 saturated heterocycles. The minimum absolute atomic E-state index is 0.172. The van der Waals surface area contributed by atoms with E-state index in [4.69, 9.17) is 4.74 Å². The van der Waals surface area contributed by atoms with Crippen molar-refractivity contribution in [1.29, 1.82) is 0 Å². The van der Waals surface area contributed by atoms with Crippen molar-refractivity contribution in [3.05, 3.63) is 103 Å². The third-order valence-corrected chi connectivity index (χ3v) is 6.60. The van der Waals surface area contributed by atoms with Gasteiger partial charge in [0.25, 0.3) is 11.1 Å². The highest BCUT2D eigenvalue weighted by molar-refractivity contribution is 9.10. The number of carbonyl (C=O) groups is 2. The number of thioether (sulfide) groups is 1. The topological polar surface area (TPSA) is 46.6 Å². The van der Waals surface area contributed by atoms with Crippen molar-refractivity contribution < 1.29 is 18.7 Å². The Morgan fingerprint density at radius 3 is 2.44 bits per heavy atom. The van der Waals surface area contributed by atoms with E-state index in [2.05, 4.69) is 31.9 Å². The zero-order valence-corrected chi connectivity index (χ0v) is 20.5. The normalized spacial score (nSPS) is 15.0. The van der Waals surface area contributed by atoms with Crippen molar-refractivity contribution in [2.75, 3.05) is 0 Å². The van der Waals surface area contributed by atoms with Gasteiger partial charge in [-0.1, -0.05) is 56.1 Å². The summed E-state index contributed by atoms with van der Waals surface area (Å²) in [4.78, 5) is 27.0. The van der Waals surface area contributed by atoms with Crippen LogP contribution in [0.4, 0.5) is 9.18 Å². The molecule has 32 heavy (non-hydrogen) atoms. The quantitative estimate of drug-likeness (QED) is 0.292. The molecule has 0 bridgehead atoms. The molecule has 0 atom stereocenters. The number of imide groups is 1. The summed E-state index contributed by atoms with van der Waals surface area (Å²) < 4.78 is 21.0. The molecule has 0 aromatic heterocycles. The molecular weight excluding hydrogens is 561 g/mol. The lowest BCUT2D eigenvalue weighted by Crippen LogP contribution is -2.27. The number of amides is 2. The molecule has 0 aliphatic carbocycles. The van der Waals surface area contributed by atoms with E-state index in [1.54, 1.807) is 24.3 Å². The molecule has 4 rings (SSSR count). The third kappa shape index (κ3) is 5.49. The van der Waals surface area contributed by atoms with Crippen LogP contribution in [0, 0.1) is 5.82 Å². The van der Waals surface area contributed by atoms with Gasteiger partial charge in [0.15, 0.2) is 0 Å². The van der Waals surface area contributed by atoms with Crippen molar-refractivity contribution in [1.82, 2.24) is 4.90 Å². The average molecular weight is 577 g/mol. The summed E-state index contributed by atoms with van der Waals surface area (Å²) in [5, 5.41) is -0.318. The van der Waals surface area contributed by atoms with Crippen LogP contribution in [0.3, 0.4) is 0 Å². The number of halogens is 3. The Morgan fingerprint density at radius 1 is 0.938 bits per heavy atom. The fourth-order valence-corrected chi connectivity index (χ4v) is 4.57. The van der Waals surface area contributed by atoms with Crippen molar-refractivity contribution in [3.8, 4) is 5.75 Å². The molecule has 3 aromatic rings. The van der Waals surface area contributed by atoms with E-state index in [9.17, 15) is 14.0 Å². The van der Waals surface area contributed by atoms with Gasteiger partial charge in [0, 0.05) is 14.5 Å². The summed E-state index contributed by atoms with van der Waals surface area (Å²) in [6.07, 6.45) is 1.65. The number of rotatable bonds is 6. The van der Waals surface area contributed by atoms with Crippen molar-refractivity contribution in [2.45, 2.75) is 13.2 Å². The predicted octanol–water partition coefficient (Wildman–Crippen LogP) is 7.17. The number of ether oxygens (including phenoxy) is 1. The summed E-state index contributed by atoms with van der Waals surface area (Å²) in [5.74, 6) is -0.155. The monoisotopic (exact) mass is 575 g/mol. The highest BCUT2D eigenvalue weighted by Crippen LogP contribution is 2.36. The van der Waals surface area contributed by atoms with Gasteiger partial charge in [0.2, 0.25) is 0 Å². The second kappa shape index (κ2) is 10.0. The maximum absolute atomic E-state index is 13.4. The Labute approximate surface area is 205 Å². The molecule has 8 heteroatoms. The molecule has 0 saturated carbocycles. The number of nitrogens with zero attached hydrogens (tertiary/aromatic N) is 1. The zero-order chi connectivity index (χ0) is 22.7. The molecule has 1 fully saturated rings. The zero-order valence-electron chi connectivity index (χ0n) is 16.6. The predicted molar refractivity (Wildman–Crippen MR) is 131 cm³/mol. The van der Waals surface area contributed by atoms with E-state index in [1.165, 1.54) is 17.0 Å². The molecule has 0 N–H and O–H groups in total. The van der Waals surface area contributed by atoms with Crippen LogP contribution in [0.5, 0.6) is 5.75 Å². The Hall–Kier alpha value is -2.42. The van der Waals surface area contributed by atoms with Crippen LogP contribution in [0.15, 0.2) is 80.6 Å². The molecule has 0 radical (unpaired) electrons. The lowest BCUT2D eigenvalue weighted by molar-refractivity contribution is -0.123. The molecule has 1 aliphatic heterocycles. The molecule has 2 amide bonds. The van der Waals surface area contributed by atoms with Crippen molar-refractivity contribution in [3.63, 3.8) is 0 Å². The van der Waals surface area contributed by atoms with Crippen LogP contribution in [-0.4, -0.2) is 16.0 Å². The van der Waals surface area contributed by atoms with Crippen molar-refractivity contribution >= 4 is 60.8 Å². The number of hydrogen-bond acceptors (Lipinski definition) is 4. The summed E-state index contributed by atoms with van der Waals surface area (Å²) in [5.41, 5.74) is 2.19. The Balaban J connectivity index is 1.55. The Kier molecular flexibility index (Phi) is 7.13. The van der Waals surface area contributed by atoms with Gasteiger partial charge in [0.05, 0.1) is 11.4 Å². The summed E-state index contributed by atoms with van der Waals surface area (Å²) in [6, 6.07) is 19.0. The average Bonchev–Trinajstić information content (AvgIpc) is 3.02. The van der Waals surface area contributed by atoms with Gasteiger partial charge in [-0.05, 0) is 71.4 Å². The van der Waals surface area contributed by atoms with Gasteiger partial charge in [-0.15, -0.1) is 0 Å². The van der Waals surface area contributed by atoms with Gasteiger partial charge in [0.1, 0.15) is 18.2 Å². The second-order valence-electron chi connectivity index (χ2n) is 7.00. The van der Waals surface area contributed by atoms with Crippen LogP contribution in [0.1, 0.15) is 16.7 Å². The van der Waals surface area contributed by atoms with E-state index in [0.29, 0.717) is 21.8 Å². The minimum atomic E-state index is -0.348. The molecule has 3 aromatic carbocycles. The van der Waals surface area contributed by atoms with Crippen LogP contribution < -0.4 is 4.74 Å². The van der Waals surface area contributed by atoms with E-state index in [1.807, 2.05) is 36.4 Å². The molecule has 1 heterocycles. The lowest BCUT2D eigenvalue weighted by Gasteiger charge is -2.13. The lowest BCUT2D eigenvalue weighted by atomic mass is 10.1. The highest BCUT2D eigenvalue weighted by atomic mass is 79.9. The Bertz CT molecular complexity index is 1210. The van der Waals surface area contributed by atoms with E-state index < -0.39 is 0 Å². The molecule has 162 valence electrons.